The summed E-state index contributed by atoms with van der Waals surface area (Å²) in [5, 5.41) is 8.92. The Morgan fingerprint density at radius 3 is 2.43 bits per heavy atom. The molecule has 1 saturated carbocycles. The Morgan fingerprint density at radius 1 is 1.29 bits per heavy atom. The van der Waals surface area contributed by atoms with E-state index >= 15 is 0 Å². The quantitative estimate of drug-likeness (QED) is 0.891. The minimum Gasteiger partial charge on any atom is -0.481 e. The molecule has 0 spiro atoms. The van der Waals surface area contributed by atoms with Crippen molar-refractivity contribution in [2.45, 2.75) is 43.5 Å². The van der Waals surface area contributed by atoms with Gasteiger partial charge in [0.05, 0.1) is 10.8 Å². The van der Waals surface area contributed by atoms with Crippen LogP contribution in [0.1, 0.15) is 31.2 Å². The van der Waals surface area contributed by atoms with Gasteiger partial charge < -0.3 is 5.11 Å². The summed E-state index contributed by atoms with van der Waals surface area (Å²) in [6.07, 6.45) is 1.92. The zero-order valence-corrected chi connectivity index (χ0v) is 12.5. The number of aryl methyl sites for hydroxylation is 1. The molecule has 0 saturated heterocycles. The Hall–Kier alpha value is -1.47. The number of benzene rings is 1. The van der Waals surface area contributed by atoms with Crippen LogP contribution in [0.3, 0.4) is 0 Å². The first kappa shape index (κ1) is 15.9. The van der Waals surface area contributed by atoms with Crippen LogP contribution in [0.15, 0.2) is 23.1 Å². The van der Waals surface area contributed by atoms with Crippen molar-refractivity contribution < 1.29 is 22.7 Å². The molecule has 0 bridgehead atoms. The number of hydrogen-bond acceptors (Lipinski definition) is 3. The molecule has 0 radical (unpaired) electrons. The molecule has 0 atom stereocenters. The van der Waals surface area contributed by atoms with Gasteiger partial charge in [0.25, 0.3) is 0 Å². The predicted octanol–water partition coefficient (Wildman–Crippen LogP) is 2.06. The highest BCUT2D eigenvalue weighted by molar-refractivity contribution is 7.89. The lowest BCUT2D eigenvalue weighted by Crippen LogP contribution is -2.38. The highest BCUT2D eigenvalue weighted by Crippen LogP contribution is 2.26. The molecule has 1 aliphatic rings. The Labute approximate surface area is 123 Å². The molecule has 21 heavy (non-hydrogen) atoms. The number of nitrogens with one attached hydrogen (secondary N) is 1. The van der Waals surface area contributed by atoms with E-state index in [0.29, 0.717) is 31.2 Å². The van der Waals surface area contributed by atoms with E-state index in [-0.39, 0.29) is 10.9 Å². The Kier molecular flexibility index (Phi) is 4.63. The standard InChI is InChI=1S/C14H18FNO4S/c1-9-8-11(15)4-7-13(9)21(19,20)16-12-5-2-10(3-6-12)14(17)18/h4,7-8,10,12,16H,2-3,5-6H2,1H3,(H,17,18). The van der Waals surface area contributed by atoms with E-state index in [1.165, 1.54) is 12.1 Å². The lowest BCUT2D eigenvalue weighted by Gasteiger charge is -2.26. The van der Waals surface area contributed by atoms with E-state index in [1.807, 2.05) is 0 Å². The molecule has 116 valence electrons. The van der Waals surface area contributed by atoms with E-state index in [2.05, 4.69) is 4.72 Å². The zero-order chi connectivity index (χ0) is 15.6. The smallest absolute Gasteiger partial charge is 0.306 e. The molecule has 1 aliphatic carbocycles. The SMILES string of the molecule is Cc1cc(F)ccc1S(=O)(=O)NC1CCC(C(=O)O)CC1. The number of carboxylic acid groups (broad SMARTS) is 1. The van der Waals surface area contributed by atoms with Crippen molar-refractivity contribution in [3.63, 3.8) is 0 Å². The molecule has 7 heteroatoms. The van der Waals surface area contributed by atoms with Gasteiger partial charge in [0.1, 0.15) is 5.82 Å². The van der Waals surface area contributed by atoms with E-state index in [0.717, 1.165) is 6.07 Å². The molecule has 0 heterocycles. The van der Waals surface area contributed by atoms with E-state index < -0.39 is 27.7 Å². The Morgan fingerprint density at radius 2 is 1.90 bits per heavy atom. The largest absolute Gasteiger partial charge is 0.481 e. The van der Waals surface area contributed by atoms with Crippen LogP contribution < -0.4 is 4.72 Å². The van der Waals surface area contributed by atoms with Crippen molar-refractivity contribution in [1.82, 2.24) is 4.72 Å². The predicted molar refractivity (Wildman–Crippen MR) is 74.8 cm³/mol. The van der Waals surface area contributed by atoms with Crippen LogP contribution in [0, 0.1) is 18.7 Å². The number of aliphatic carboxylic acids is 1. The number of carbonyl (C=O) groups is 1. The third-order valence-electron chi connectivity index (χ3n) is 3.82. The minimum absolute atomic E-state index is 0.0595. The first-order valence-electron chi connectivity index (χ1n) is 6.81. The number of carboxylic acids is 1. The van der Waals surface area contributed by atoms with Crippen molar-refractivity contribution >= 4 is 16.0 Å². The fourth-order valence-electron chi connectivity index (χ4n) is 2.66. The summed E-state index contributed by atoms with van der Waals surface area (Å²) >= 11 is 0. The maximum Gasteiger partial charge on any atom is 0.306 e. The van der Waals surface area contributed by atoms with Crippen molar-refractivity contribution in [2.75, 3.05) is 0 Å². The fraction of sp³-hybridized carbons (Fsp3) is 0.500. The van der Waals surface area contributed by atoms with Gasteiger partial charge in [-0.25, -0.2) is 17.5 Å². The molecule has 2 rings (SSSR count). The molecule has 0 aliphatic heterocycles. The lowest BCUT2D eigenvalue weighted by atomic mass is 9.87. The van der Waals surface area contributed by atoms with Gasteiger partial charge >= 0.3 is 5.97 Å². The summed E-state index contributed by atoms with van der Waals surface area (Å²) in [6, 6.07) is 3.27. The maximum absolute atomic E-state index is 13.0. The van der Waals surface area contributed by atoms with Gasteiger partial charge in [-0.3, -0.25) is 4.79 Å². The number of hydrogen-bond donors (Lipinski definition) is 2. The van der Waals surface area contributed by atoms with Crippen LogP contribution in [0.2, 0.25) is 0 Å². The first-order chi connectivity index (χ1) is 9.79. The molecule has 1 fully saturated rings. The second-order valence-electron chi connectivity index (χ2n) is 5.42. The summed E-state index contributed by atoms with van der Waals surface area (Å²) in [7, 11) is -3.71. The van der Waals surface area contributed by atoms with Gasteiger partial charge in [-0.1, -0.05) is 0 Å². The zero-order valence-electron chi connectivity index (χ0n) is 11.7. The molecule has 0 unspecified atom stereocenters. The van der Waals surface area contributed by atoms with Gasteiger partial charge in [0.2, 0.25) is 10.0 Å². The third kappa shape index (κ3) is 3.79. The van der Waals surface area contributed by atoms with Crippen LogP contribution in [0.25, 0.3) is 0 Å². The summed E-state index contributed by atoms with van der Waals surface area (Å²) in [5.41, 5.74) is 0.349. The van der Waals surface area contributed by atoms with Crippen LogP contribution >= 0.6 is 0 Å². The van der Waals surface area contributed by atoms with Crippen molar-refractivity contribution in [3.8, 4) is 0 Å². The van der Waals surface area contributed by atoms with Crippen LogP contribution in [-0.4, -0.2) is 25.5 Å². The van der Waals surface area contributed by atoms with Gasteiger partial charge in [-0.15, -0.1) is 0 Å². The van der Waals surface area contributed by atoms with Crippen molar-refractivity contribution in [2.24, 2.45) is 5.92 Å². The fourth-order valence-corrected chi connectivity index (χ4v) is 4.19. The highest BCUT2D eigenvalue weighted by atomic mass is 32.2. The maximum atomic E-state index is 13.0. The average molecular weight is 315 g/mol. The summed E-state index contributed by atoms with van der Waals surface area (Å²) in [6.45, 7) is 1.54. The molecule has 0 aromatic heterocycles. The summed E-state index contributed by atoms with van der Waals surface area (Å²) in [5.74, 6) is -1.70. The van der Waals surface area contributed by atoms with Gasteiger partial charge in [-0.05, 0) is 56.4 Å². The Bertz CT molecular complexity index is 636. The lowest BCUT2D eigenvalue weighted by molar-refractivity contribution is -0.142. The highest BCUT2D eigenvalue weighted by Gasteiger charge is 2.29. The van der Waals surface area contributed by atoms with Gasteiger partial charge in [-0.2, -0.15) is 0 Å². The van der Waals surface area contributed by atoms with Crippen molar-refractivity contribution in [3.05, 3.63) is 29.6 Å². The second-order valence-corrected chi connectivity index (χ2v) is 7.10. The molecule has 1 aromatic rings. The number of rotatable bonds is 4. The molecule has 1 aromatic carbocycles. The monoisotopic (exact) mass is 315 g/mol. The molecule has 0 amide bonds. The van der Waals surface area contributed by atoms with Crippen LogP contribution in [0.4, 0.5) is 4.39 Å². The average Bonchev–Trinajstić information content (AvgIpc) is 2.38. The van der Waals surface area contributed by atoms with Crippen molar-refractivity contribution in [1.29, 1.82) is 0 Å². The Balaban J connectivity index is 2.07. The van der Waals surface area contributed by atoms with Gasteiger partial charge in [0.15, 0.2) is 0 Å². The van der Waals surface area contributed by atoms with Crippen LogP contribution in [0.5, 0.6) is 0 Å². The van der Waals surface area contributed by atoms with Crippen LogP contribution in [-0.2, 0) is 14.8 Å². The molecule has 2 N–H and O–H groups in total. The normalized spacial score (nSPS) is 23.0. The minimum atomic E-state index is -3.71. The molecule has 5 nitrogen and oxygen atoms in total. The van der Waals surface area contributed by atoms with E-state index in [4.69, 9.17) is 5.11 Å². The molecular weight excluding hydrogens is 297 g/mol. The van der Waals surface area contributed by atoms with E-state index in [1.54, 1.807) is 6.92 Å². The number of halogens is 1. The first-order valence-corrected chi connectivity index (χ1v) is 8.29. The number of sulfonamides is 1. The summed E-state index contributed by atoms with van der Waals surface area (Å²) < 4.78 is 40.2. The second kappa shape index (κ2) is 6.11. The summed E-state index contributed by atoms with van der Waals surface area (Å²) in [4.78, 5) is 10.9. The van der Waals surface area contributed by atoms with E-state index in [9.17, 15) is 17.6 Å². The molecular formula is C14H18FNO4S. The third-order valence-corrected chi connectivity index (χ3v) is 5.51. The topological polar surface area (TPSA) is 83.5 Å². The van der Waals surface area contributed by atoms with Gasteiger partial charge in [0, 0.05) is 6.04 Å².